The number of nitriles is 2. The van der Waals surface area contributed by atoms with E-state index >= 15 is 0 Å². The minimum absolute atomic E-state index is 0.135. The van der Waals surface area contributed by atoms with Gasteiger partial charge in [0.15, 0.2) is 11.5 Å². The van der Waals surface area contributed by atoms with Crippen LogP contribution in [0.4, 0.5) is 5.69 Å². The molecule has 1 aliphatic heterocycles. The first kappa shape index (κ1) is 14.2. The number of nitrogens with zero attached hydrogens (tertiary/aromatic N) is 2. The number of cyclic esters (lactones) is 1. The number of fused-ring (bicyclic) bond motifs is 1. The Hall–Kier alpha value is -3.19. The number of rotatable bonds is 4. The Labute approximate surface area is 120 Å². The molecule has 1 aliphatic rings. The van der Waals surface area contributed by atoms with Gasteiger partial charge in [-0.25, -0.2) is 4.79 Å². The van der Waals surface area contributed by atoms with Gasteiger partial charge in [-0.2, -0.15) is 10.5 Å². The van der Waals surface area contributed by atoms with Crippen molar-refractivity contribution >= 4 is 11.7 Å². The third kappa shape index (κ3) is 2.45. The Bertz CT molecular complexity index is 694. The van der Waals surface area contributed by atoms with Crippen molar-refractivity contribution in [1.29, 1.82) is 10.5 Å². The summed E-state index contributed by atoms with van der Waals surface area (Å²) in [5.41, 5.74) is 1.11. The molecule has 0 saturated carbocycles. The third-order valence-corrected chi connectivity index (χ3v) is 2.92. The maximum atomic E-state index is 11.8. The fourth-order valence-corrected chi connectivity index (χ4v) is 1.98. The van der Waals surface area contributed by atoms with Crippen LogP contribution in [0.2, 0.25) is 0 Å². The molecule has 2 rings (SSSR count). The topological polar surface area (TPSA) is 104 Å². The molecule has 0 aliphatic carbocycles. The van der Waals surface area contributed by atoms with E-state index in [1.807, 2.05) is 0 Å². The van der Waals surface area contributed by atoms with Gasteiger partial charge < -0.3 is 19.5 Å². The molecule has 0 unspecified atom stereocenters. The van der Waals surface area contributed by atoms with Crippen molar-refractivity contribution in [1.82, 2.24) is 0 Å². The van der Waals surface area contributed by atoms with E-state index in [0.29, 0.717) is 28.3 Å². The molecule has 0 fully saturated rings. The highest BCUT2D eigenvalue weighted by Gasteiger charge is 2.30. The van der Waals surface area contributed by atoms with Gasteiger partial charge in [-0.15, -0.1) is 0 Å². The zero-order valence-corrected chi connectivity index (χ0v) is 11.4. The Morgan fingerprint density at radius 2 is 2.10 bits per heavy atom. The minimum atomic E-state index is -0.502. The third-order valence-electron chi connectivity index (χ3n) is 2.92. The number of benzene rings is 1. The second kappa shape index (κ2) is 5.85. The summed E-state index contributed by atoms with van der Waals surface area (Å²) < 4.78 is 15.4. The lowest BCUT2D eigenvalue weighted by molar-refractivity contribution is 0.0535. The number of hydrogen-bond acceptors (Lipinski definition) is 7. The smallest absolute Gasteiger partial charge is 0.341 e. The number of methoxy groups -OCH3 is 2. The van der Waals surface area contributed by atoms with Gasteiger partial charge in [-0.05, 0) is 6.07 Å². The van der Waals surface area contributed by atoms with Crippen LogP contribution in [0.5, 0.6) is 11.5 Å². The van der Waals surface area contributed by atoms with E-state index in [4.69, 9.17) is 24.7 Å². The number of carbonyl (C=O) groups is 1. The van der Waals surface area contributed by atoms with E-state index in [1.54, 1.807) is 18.2 Å². The monoisotopic (exact) mass is 285 g/mol. The van der Waals surface area contributed by atoms with Crippen LogP contribution in [0, 0.1) is 22.7 Å². The highest BCUT2D eigenvalue weighted by Crippen LogP contribution is 2.42. The summed E-state index contributed by atoms with van der Waals surface area (Å²) >= 11 is 0. The van der Waals surface area contributed by atoms with Crippen LogP contribution < -0.4 is 14.8 Å². The molecule has 0 atom stereocenters. The Morgan fingerprint density at radius 3 is 2.67 bits per heavy atom. The molecule has 7 heteroatoms. The van der Waals surface area contributed by atoms with Gasteiger partial charge in [0.2, 0.25) is 0 Å². The van der Waals surface area contributed by atoms with E-state index in [9.17, 15) is 4.79 Å². The highest BCUT2D eigenvalue weighted by atomic mass is 16.5. The number of carbonyl (C=O) groups excluding carboxylic acids is 1. The lowest BCUT2D eigenvalue weighted by Gasteiger charge is -2.15. The molecule has 0 spiro atoms. The number of nitrogens with one attached hydrogen (secondary N) is 1. The average Bonchev–Trinajstić information content (AvgIpc) is 2.88. The van der Waals surface area contributed by atoms with E-state index in [2.05, 4.69) is 5.32 Å². The molecular formula is C14H11N3O4. The standard InChI is InChI=1S/C14H11N3O4/c1-19-10-3-9-7-21-14(18)11(9)12(13(10)20-2)17-6-8(4-15)5-16/h3,6,17H,7H2,1-2H3. The van der Waals surface area contributed by atoms with Crippen LogP contribution in [0.25, 0.3) is 0 Å². The number of allylic oxidation sites excluding steroid dienone is 1. The zero-order valence-electron chi connectivity index (χ0n) is 11.4. The Kier molecular flexibility index (Phi) is 3.96. The van der Waals surface area contributed by atoms with Crippen LogP contribution in [-0.2, 0) is 11.3 Å². The van der Waals surface area contributed by atoms with Crippen LogP contribution in [0.15, 0.2) is 17.8 Å². The molecule has 1 N–H and O–H groups in total. The molecular weight excluding hydrogens is 274 g/mol. The average molecular weight is 285 g/mol. The van der Waals surface area contributed by atoms with Gasteiger partial charge in [0, 0.05) is 11.8 Å². The number of ether oxygens (including phenoxy) is 3. The maximum Gasteiger partial charge on any atom is 0.341 e. The van der Waals surface area contributed by atoms with E-state index in [0.717, 1.165) is 0 Å². The van der Waals surface area contributed by atoms with Crippen molar-refractivity contribution in [2.24, 2.45) is 0 Å². The summed E-state index contributed by atoms with van der Waals surface area (Å²) in [6, 6.07) is 5.09. The minimum Gasteiger partial charge on any atom is -0.493 e. The second-order valence-corrected chi connectivity index (χ2v) is 4.02. The van der Waals surface area contributed by atoms with Gasteiger partial charge >= 0.3 is 5.97 Å². The van der Waals surface area contributed by atoms with Gasteiger partial charge in [0.25, 0.3) is 0 Å². The number of esters is 1. The molecule has 7 nitrogen and oxygen atoms in total. The second-order valence-electron chi connectivity index (χ2n) is 4.02. The van der Waals surface area contributed by atoms with E-state index < -0.39 is 5.97 Å². The maximum absolute atomic E-state index is 11.8. The van der Waals surface area contributed by atoms with Gasteiger partial charge in [0.05, 0.1) is 25.5 Å². The number of hydrogen-bond donors (Lipinski definition) is 1. The molecule has 0 bridgehead atoms. The summed E-state index contributed by atoms with van der Waals surface area (Å²) in [6.07, 6.45) is 1.20. The van der Waals surface area contributed by atoms with Crippen molar-refractivity contribution in [2.75, 3.05) is 19.5 Å². The summed E-state index contributed by atoms with van der Waals surface area (Å²) in [5, 5.41) is 20.3. The van der Waals surface area contributed by atoms with Crippen molar-refractivity contribution in [3.05, 3.63) is 29.0 Å². The predicted molar refractivity (Wildman–Crippen MR) is 71.6 cm³/mol. The Morgan fingerprint density at radius 1 is 1.38 bits per heavy atom. The fourth-order valence-electron chi connectivity index (χ4n) is 1.98. The quantitative estimate of drug-likeness (QED) is 0.663. The summed E-state index contributed by atoms with van der Waals surface area (Å²) in [7, 11) is 2.90. The first-order chi connectivity index (χ1) is 10.2. The van der Waals surface area contributed by atoms with Gasteiger partial charge in [-0.3, -0.25) is 0 Å². The lowest BCUT2D eigenvalue weighted by atomic mass is 10.1. The van der Waals surface area contributed by atoms with Crippen LogP contribution >= 0.6 is 0 Å². The molecule has 0 aromatic heterocycles. The molecule has 0 amide bonds. The SMILES string of the molecule is COc1cc2c(c(NC=C(C#N)C#N)c1OC)C(=O)OC2. The van der Waals surface area contributed by atoms with Crippen molar-refractivity contribution in [3.8, 4) is 23.6 Å². The van der Waals surface area contributed by atoms with Crippen molar-refractivity contribution in [3.63, 3.8) is 0 Å². The van der Waals surface area contributed by atoms with E-state index in [-0.39, 0.29) is 12.2 Å². The van der Waals surface area contributed by atoms with E-state index in [1.165, 1.54) is 20.4 Å². The van der Waals surface area contributed by atoms with Crippen LogP contribution in [0.1, 0.15) is 15.9 Å². The molecule has 0 saturated heterocycles. The number of anilines is 1. The molecule has 1 aromatic rings. The lowest BCUT2D eigenvalue weighted by Crippen LogP contribution is -2.05. The summed E-state index contributed by atoms with van der Waals surface area (Å²) in [6.45, 7) is 0.135. The Balaban J connectivity index is 2.60. The summed E-state index contributed by atoms with van der Waals surface area (Å²) in [5.74, 6) is 0.208. The van der Waals surface area contributed by atoms with Crippen molar-refractivity contribution < 1.29 is 19.0 Å². The zero-order chi connectivity index (χ0) is 15.4. The van der Waals surface area contributed by atoms with Gasteiger partial charge in [0.1, 0.15) is 24.3 Å². The molecule has 1 aromatic carbocycles. The highest BCUT2D eigenvalue weighted by molar-refractivity contribution is 6.02. The largest absolute Gasteiger partial charge is 0.493 e. The molecule has 106 valence electrons. The predicted octanol–water partition coefficient (Wildman–Crippen LogP) is 1.72. The first-order valence-electron chi connectivity index (χ1n) is 5.88. The van der Waals surface area contributed by atoms with Crippen LogP contribution in [-0.4, -0.2) is 20.2 Å². The summed E-state index contributed by atoms with van der Waals surface area (Å²) in [4.78, 5) is 11.8. The first-order valence-corrected chi connectivity index (χ1v) is 5.88. The molecule has 1 heterocycles. The molecule has 21 heavy (non-hydrogen) atoms. The normalized spacial score (nSPS) is 11.5. The molecule has 0 radical (unpaired) electrons. The fraction of sp³-hybridized carbons (Fsp3) is 0.214. The van der Waals surface area contributed by atoms with Gasteiger partial charge in [-0.1, -0.05) is 0 Å². The van der Waals surface area contributed by atoms with Crippen molar-refractivity contribution in [2.45, 2.75) is 6.61 Å². The van der Waals surface area contributed by atoms with Crippen LogP contribution in [0.3, 0.4) is 0 Å².